The number of carbonyl (C=O) groups excluding carboxylic acids is 1. The van der Waals surface area contributed by atoms with Crippen LogP contribution < -0.4 is 5.32 Å². The first-order valence-electron chi connectivity index (χ1n) is 5.49. The molecule has 1 rings (SSSR count). The van der Waals surface area contributed by atoms with Crippen molar-refractivity contribution in [3.05, 3.63) is 28.8 Å². The Labute approximate surface area is 118 Å². The Morgan fingerprint density at radius 3 is 2.55 bits per heavy atom. The number of halogens is 4. The van der Waals surface area contributed by atoms with Gasteiger partial charge in [0.1, 0.15) is 0 Å². The number of hydrogen-bond acceptors (Lipinski definition) is 4. The third kappa shape index (κ3) is 4.01. The van der Waals surface area contributed by atoms with Crippen molar-refractivity contribution >= 4 is 23.3 Å². The molecule has 20 heavy (non-hydrogen) atoms. The summed E-state index contributed by atoms with van der Waals surface area (Å²) in [6.45, 7) is 0.880. The zero-order valence-corrected chi connectivity index (χ0v) is 11.5. The van der Waals surface area contributed by atoms with Gasteiger partial charge in [-0.3, -0.25) is 0 Å². The Kier molecular flexibility index (Phi) is 4.88. The zero-order valence-electron chi connectivity index (χ0n) is 10.7. The van der Waals surface area contributed by atoms with Crippen LogP contribution in [0.15, 0.2) is 18.2 Å². The summed E-state index contributed by atoms with van der Waals surface area (Å²) in [4.78, 5) is 11.2. The van der Waals surface area contributed by atoms with E-state index in [9.17, 15) is 23.1 Å². The first kappa shape index (κ1) is 16.6. The first-order valence-corrected chi connectivity index (χ1v) is 5.87. The summed E-state index contributed by atoms with van der Waals surface area (Å²) in [5, 5.41) is 11.8. The van der Waals surface area contributed by atoms with Crippen LogP contribution in [-0.2, 0) is 15.7 Å². The van der Waals surface area contributed by atoms with Crippen molar-refractivity contribution in [1.29, 1.82) is 0 Å². The highest BCUT2D eigenvalue weighted by Gasteiger charge is 2.34. The minimum atomic E-state index is -4.58. The van der Waals surface area contributed by atoms with Crippen molar-refractivity contribution in [3.63, 3.8) is 0 Å². The van der Waals surface area contributed by atoms with Crippen LogP contribution in [0.4, 0.5) is 18.9 Å². The molecule has 2 N–H and O–H groups in total. The van der Waals surface area contributed by atoms with Gasteiger partial charge in [0.2, 0.25) is 0 Å². The smallest absolute Gasteiger partial charge is 0.417 e. The molecule has 0 spiro atoms. The number of rotatable bonds is 4. The average Bonchev–Trinajstić information content (AvgIpc) is 2.35. The SMILES string of the molecule is COC(=O)C(C)(O)CNc1ccc(Cl)c(C(F)(F)F)c1. The summed E-state index contributed by atoms with van der Waals surface area (Å²) >= 11 is 5.47. The second-order valence-corrected chi connectivity index (χ2v) is 4.72. The number of nitrogens with one attached hydrogen (secondary N) is 1. The van der Waals surface area contributed by atoms with E-state index < -0.39 is 28.3 Å². The van der Waals surface area contributed by atoms with Crippen LogP contribution in [0.5, 0.6) is 0 Å². The normalized spacial score (nSPS) is 14.6. The van der Waals surface area contributed by atoms with Gasteiger partial charge in [-0.05, 0) is 25.1 Å². The van der Waals surface area contributed by atoms with Crippen molar-refractivity contribution in [2.24, 2.45) is 0 Å². The molecule has 112 valence electrons. The molecule has 0 bridgehead atoms. The third-order valence-electron chi connectivity index (χ3n) is 2.53. The lowest BCUT2D eigenvalue weighted by Crippen LogP contribution is -2.42. The van der Waals surface area contributed by atoms with E-state index in [0.29, 0.717) is 0 Å². The van der Waals surface area contributed by atoms with Crippen LogP contribution in [0.2, 0.25) is 5.02 Å². The molecule has 1 atom stereocenters. The van der Waals surface area contributed by atoms with Crippen molar-refractivity contribution in [2.45, 2.75) is 18.7 Å². The van der Waals surface area contributed by atoms with Gasteiger partial charge in [0, 0.05) is 5.69 Å². The predicted octanol–water partition coefficient (Wildman–Crippen LogP) is 2.69. The molecular formula is C12H13ClF3NO3. The zero-order chi connectivity index (χ0) is 15.6. The second kappa shape index (κ2) is 5.88. The molecule has 0 saturated heterocycles. The molecule has 1 unspecified atom stereocenters. The number of ether oxygens (including phenoxy) is 1. The molecule has 0 heterocycles. The molecule has 0 aliphatic heterocycles. The average molecular weight is 312 g/mol. The molecular weight excluding hydrogens is 299 g/mol. The summed E-state index contributed by atoms with van der Waals surface area (Å²) in [6.07, 6.45) is -4.58. The summed E-state index contributed by atoms with van der Waals surface area (Å²) in [5.41, 5.74) is -2.78. The number of anilines is 1. The Bertz CT molecular complexity index is 503. The van der Waals surface area contributed by atoms with Gasteiger partial charge in [-0.2, -0.15) is 13.2 Å². The van der Waals surface area contributed by atoms with Crippen molar-refractivity contribution < 1.29 is 27.8 Å². The number of carbonyl (C=O) groups is 1. The maximum absolute atomic E-state index is 12.7. The molecule has 1 aromatic rings. The van der Waals surface area contributed by atoms with E-state index in [-0.39, 0.29) is 12.2 Å². The molecule has 0 aliphatic rings. The fourth-order valence-corrected chi connectivity index (χ4v) is 1.64. The molecule has 0 aromatic heterocycles. The molecule has 1 aromatic carbocycles. The summed E-state index contributed by atoms with van der Waals surface area (Å²) in [7, 11) is 1.10. The van der Waals surface area contributed by atoms with E-state index in [2.05, 4.69) is 10.1 Å². The Morgan fingerprint density at radius 2 is 2.05 bits per heavy atom. The van der Waals surface area contributed by atoms with Crippen LogP contribution in [0.1, 0.15) is 12.5 Å². The van der Waals surface area contributed by atoms with Crippen molar-refractivity contribution in [1.82, 2.24) is 0 Å². The third-order valence-corrected chi connectivity index (χ3v) is 2.86. The number of esters is 1. The standard InChI is InChI=1S/C12H13ClF3NO3/c1-11(19,10(18)20-2)6-17-7-3-4-9(13)8(5-7)12(14,15)16/h3-5,17,19H,6H2,1-2H3. The molecule has 8 heteroatoms. The number of benzene rings is 1. The lowest BCUT2D eigenvalue weighted by molar-refractivity contribution is -0.158. The number of aliphatic hydroxyl groups is 1. The van der Waals surface area contributed by atoms with Gasteiger partial charge in [-0.15, -0.1) is 0 Å². The molecule has 4 nitrogen and oxygen atoms in total. The van der Waals surface area contributed by atoms with E-state index in [1.54, 1.807) is 0 Å². The van der Waals surface area contributed by atoms with E-state index in [1.807, 2.05) is 0 Å². The van der Waals surface area contributed by atoms with E-state index in [4.69, 9.17) is 11.6 Å². The fraction of sp³-hybridized carbons (Fsp3) is 0.417. The fourth-order valence-electron chi connectivity index (χ4n) is 1.42. The van der Waals surface area contributed by atoms with E-state index >= 15 is 0 Å². The van der Waals surface area contributed by atoms with Gasteiger partial charge in [0.15, 0.2) is 5.60 Å². The molecule has 0 saturated carbocycles. The highest BCUT2D eigenvalue weighted by molar-refractivity contribution is 6.31. The predicted molar refractivity (Wildman–Crippen MR) is 67.6 cm³/mol. The minimum absolute atomic E-state index is 0.0749. The quantitative estimate of drug-likeness (QED) is 0.839. The topological polar surface area (TPSA) is 58.6 Å². The lowest BCUT2D eigenvalue weighted by Gasteiger charge is -2.21. The Morgan fingerprint density at radius 1 is 1.45 bits per heavy atom. The van der Waals surface area contributed by atoms with E-state index in [0.717, 1.165) is 19.2 Å². The summed E-state index contributed by atoms with van der Waals surface area (Å²) < 4.78 is 42.3. The Hall–Kier alpha value is -1.47. The largest absolute Gasteiger partial charge is 0.467 e. The van der Waals surface area contributed by atoms with Crippen LogP contribution in [0.25, 0.3) is 0 Å². The summed E-state index contributed by atoms with van der Waals surface area (Å²) in [6, 6.07) is 3.19. The lowest BCUT2D eigenvalue weighted by atomic mass is 10.1. The van der Waals surface area contributed by atoms with Gasteiger partial charge in [-0.1, -0.05) is 11.6 Å². The van der Waals surface area contributed by atoms with Gasteiger partial charge < -0.3 is 15.2 Å². The van der Waals surface area contributed by atoms with Crippen LogP contribution >= 0.6 is 11.6 Å². The van der Waals surface area contributed by atoms with Crippen LogP contribution in [-0.4, -0.2) is 30.3 Å². The first-order chi connectivity index (χ1) is 9.08. The van der Waals surface area contributed by atoms with Crippen molar-refractivity contribution in [3.8, 4) is 0 Å². The maximum Gasteiger partial charge on any atom is 0.417 e. The summed E-state index contributed by atoms with van der Waals surface area (Å²) in [5.74, 6) is -0.894. The van der Waals surface area contributed by atoms with Gasteiger partial charge in [0.05, 0.1) is 24.2 Å². The molecule has 0 amide bonds. The van der Waals surface area contributed by atoms with Crippen molar-refractivity contribution in [2.75, 3.05) is 19.0 Å². The number of methoxy groups -OCH3 is 1. The number of alkyl halides is 3. The van der Waals surface area contributed by atoms with E-state index in [1.165, 1.54) is 13.0 Å². The highest BCUT2D eigenvalue weighted by Crippen LogP contribution is 2.36. The second-order valence-electron chi connectivity index (χ2n) is 4.31. The van der Waals surface area contributed by atoms with Gasteiger partial charge in [0.25, 0.3) is 0 Å². The molecule has 0 fully saturated rings. The number of hydrogen-bond donors (Lipinski definition) is 2. The Balaban J connectivity index is 2.88. The highest BCUT2D eigenvalue weighted by atomic mass is 35.5. The van der Waals surface area contributed by atoms with Crippen LogP contribution in [0, 0.1) is 0 Å². The van der Waals surface area contributed by atoms with Gasteiger partial charge >= 0.3 is 12.1 Å². The maximum atomic E-state index is 12.7. The molecule has 0 radical (unpaired) electrons. The van der Waals surface area contributed by atoms with Crippen LogP contribution in [0.3, 0.4) is 0 Å². The van der Waals surface area contributed by atoms with Gasteiger partial charge in [-0.25, -0.2) is 4.79 Å². The molecule has 0 aliphatic carbocycles. The minimum Gasteiger partial charge on any atom is -0.467 e. The monoisotopic (exact) mass is 311 g/mol.